The molecule has 1 unspecified atom stereocenters. The number of aliphatic hydroxyl groups excluding tert-OH is 1. The molecule has 3 heterocycles. The summed E-state index contributed by atoms with van der Waals surface area (Å²) in [5.74, 6) is 0. The van der Waals surface area contributed by atoms with Crippen LogP contribution in [0.2, 0.25) is 0 Å². The summed E-state index contributed by atoms with van der Waals surface area (Å²) in [6.07, 6.45) is -0.550. The highest BCUT2D eigenvalue weighted by Gasteiger charge is 2.44. The Morgan fingerprint density at radius 2 is 2.21 bits per heavy atom. The maximum atomic E-state index is 14.1. The number of aliphatic hydroxyl groups is 1. The van der Waals surface area contributed by atoms with Crippen LogP contribution in [0.5, 0.6) is 0 Å². The van der Waals surface area contributed by atoms with Gasteiger partial charge in [-0.15, -0.1) is 0 Å². The van der Waals surface area contributed by atoms with E-state index in [-0.39, 0.29) is 0 Å². The molecule has 0 saturated carbocycles. The van der Waals surface area contributed by atoms with Crippen molar-refractivity contribution < 1.29 is 14.2 Å². The van der Waals surface area contributed by atoms with Gasteiger partial charge in [0.05, 0.1) is 18.1 Å². The number of nitrogens with zero attached hydrogens (tertiary/aromatic N) is 4. The topological polar surface area (TPSA) is 73.1 Å². The van der Waals surface area contributed by atoms with Crippen LogP contribution in [0.3, 0.4) is 0 Å². The molecule has 1 fully saturated rings. The molecule has 1 aliphatic heterocycles. The molecule has 0 amide bonds. The first-order chi connectivity index (χ1) is 9.13. The molecule has 0 aromatic carbocycles. The Labute approximate surface area is 109 Å². The molecule has 0 spiro atoms. The van der Waals surface area contributed by atoms with Crippen LogP contribution in [0.25, 0.3) is 11.2 Å². The predicted octanol–water partition coefficient (Wildman–Crippen LogP) is 1.14. The first-order valence-electron chi connectivity index (χ1n) is 6.25. The Hall–Kier alpha value is -1.60. The van der Waals surface area contributed by atoms with E-state index in [0.29, 0.717) is 17.6 Å². The van der Waals surface area contributed by atoms with Gasteiger partial charge in [-0.05, 0) is 13.3 Å². The van der Waals surface area contributed by atoms with Gasteiger partial charge in [0.15, 0.2) is 18.0 Å². The van der Waals surface area contributed by atoms with Crippen molar-refractivity contribution in [2.45, 2.75) is 44.9 Å². The van der Waals surface area contributed by atoms with Crippen molar-refractivity contribution >= 4 is 11.2 Å². The summed E-state index contributed by atoms with van der Waals surface area (Å²) in [6, 6.07) is 0. The van der Waals surface area contributed by atoms with Crippen molar-refractivity contribution in [2.24, 2.45) is 0 Å². The maximum absolute atomic E-state index is 14.1. The summed E-state index contributed by atoms with van der Waals surface area (Å²) in [4.78, 5) is 12.3. The molecule has 4 atom stereocenters. The van der Waals surface area contributed by atoms with Crippen molar-refractivity contribution in [3.63, 3.8) is 0 Å². The molecule has 1 saturated heterocycles. The highest BCUT2D eigenvalue weighted by molar-refractivity contribution is 5.72. The second-order valence-electron chi connectivity index (χ2n) is 4.69. The van der Waals surface area contributed by atoms with Gasteiger partial charge < -0.3 is 9.84 Å². The number of aryl methyl sites for hydroxylation is 1. The van der Waals surface area contributed by atoms with Crippen LogP contribution >= 0.6 is 0 Å². The fraction of sp³-hybridized carbons (Fsp3) is 0.583. The molecule has 2 aromatic rings. The Bertz CT molecular complexity index is 602. The Morgan fingerprint density at radius 1 is 1.42 bits per heavy atom. The van der Waals surface area contributed by atoms with Crippen molar-refractivity contribution in [1.82, 2.24) is 19.5 Å². The minimum absolute atomic E-state index is 0.500. The molecule has 0 radical (unpaired) electrons. The van der Waals surface area contributed by atoms with E-state index in [1.54, 1.807) is 0 Å². The first kappa shape index (κ1) is 12.4. The average molecular weight is 266 g/mol. The van der Waals surface area contributed by atoms with Crippen LogP contribution in [-0.4, -0.2) is 43.0 Å². The standard InChI is InChI=1S/C12H15FN4O2/c1-3-7-10(18)8(13)12(19-7)17-5-16-9-6(2)14-4-15-11(9)17/h4-5,7-8,10,12,18H,3H2,1-2H3/t7-,8?,10+,12-/m1/s1. The minimum Gasteiger partial charge on any atom is -0.387 e. The third-order valence-electron chi connectivity index (χ3n) is 3.51. The van der Waals surface area contributed by atoms with Gasteiger partial charge in [-0.1, -0.05) is 6.92 Å². The lowest BCUT2D eigenvalue weighted by Gasteiger charge is -2.14. The van der Waals surface area contributed by atoms with Gasteiger partial charge in [0, 0.05) is 0 Å². The SMILES string of the molecule is CC[C@H]1O[C@@H](n2cnc3c(C)ncnc32)C(F)[C@H]1O. The summed E-state index contributed by atoms with van der Waals surface area (Å²) < 4.78 is 21.2. The van der Waals surface area contributed by atoms with Gasteiger partial charge in [0.2, 0.25) is 0 Å². The summed E-state index contributed by atoms with van der Waals surface area (Å²) in [5.41, 5.74) is 1.86. The smallest absolute Gasteiger partial charge is 0.173 e. The highest BCUT2D eigenvalue weighted by atomic mass is 19.1. The first-order valence-corrected chi connectivity index (χ1v) is 6.25. The molecule has 6 nitrogen and oxygen atoms in total. The zero-order valence-electron chi connectivity index (χ0n) is 10.7. The zero-order chi connectivity index (χ0) is 13.6. The fourth-order valence-electron chi connectivity index (χ4n) is 2.42. The van der Waals surface area contributed by atoms with Crippen LogP contribution in [0.15, 0.2) is 12.7 Å². The molecule has 102 valence electrons. The van der Waals surface area contributed by atoms with Crippen LogP contribution in [0.4, 0.5) is 4.39 Å². The Balaban J connectivity index is 2.04. The Morgan fingerprint density at radius 3 is 2.89 bits per heavy atom. The normalized spacial score (nSPS) is 31.2. The molecule has 2 aromatic heterocycles. The molecule has 1 N–H and O–H groups in total. The molecule has 7 heteroatoms. The van der Waals surface area contributed by atoms with Crippen molar-refractivity contribution in [1.29, 1.82) is 0 Å². The number of aromatic nitrogens is 4. The molecule has 0 aliphatic carbocycles. The van der Waals surface area contributed by atoms with E-state index >= 15 is 0 Å². The number of halogens is 1. The van der Waals surface area contributed by atoms with Gasteiger partial charge >= 0.3 is 0 Å². The van der Waals surface area contributed by atoms with E-state index in [4.69, 9.17) is 4.74 Å². The highest BCUT2D eigenvalue weighted by Crippen LogP contribution is 2.34. The van der Waals surface area contributed by atoms with E-state index in [2.05, 4.69) is 15.0 Å². The number of imidazole rings is 1. The lowest BCUT2D eigenvalue weighted by molar-refractivity contribution is -0.0238. The van der Waals surface area contributed by atoms with E-state index in [1.807, 2.05) is 13.8 Å². The third kappa shape index (κ3) is 1.81. The molecular weight excluding hydrogens is 251 g/mol. The predicted molar refractivity (Wildman–Crippen MR) is 65.2 cm³/mol. The summed E-state index contributed by atoms with van der Waals surface area (Å²) in [6.45, 7) is 3.66. The monoisotopic (exact) mass is 266 g/mol. The van der Waals surface area contributed by atoms with Crippen LogP contribution in [-0.2, 0) is 4.74 Å². The van der Waals surface area contributed by atoms with Crippen molar-refractivity contribution in [3.8, 4) is 0 Å². The number of fused-ring (bicyclic) bond motifs is 1. The second kappa shape index (κ2) is 4.50. The fourth-order valence-corrected chi connectivity index (χ4v) is 2.42. The quantitative estimate of drug-likeness (QED) is 0.882. The van der Waals surface area contributed by atoms with E-state index < -0.39 is 24.6 Å². The van der Waals surface area contributed by atoms with E-state index in [0.717, 1.165) is 5.69 Å². The molecule has 3 rings (SSSR count). The van der Waals surface area contributed by atoms with Crippen LogP contribution in [0.1, 0.15) is 25.3 Å². The van der Waals surface area contributed by atoms with E-state index in [1.165, 1.54) is 17.2 Å². The molecule has 19 heavy (non-hydrogen) atoms. The van der Waals surface area contributed by atoms with Gasteiger partial charge in [0.1, 0.15) is 17.9 Å². The van der Waals surface area contributed by atoms with Gasteiger partial charge in [-0.2, -0.15) is 0 Å². The van der Waals surface area contributed by atoms with E-state index in [9.17, 15) is 9.50 Å². The van der Waals surface area contributed by atoms with Crippen LogP contribution < -0.4 is 0 Å². The van der Waals surface area contributed by atoms with Gasteiger partial charge in [-0.3, -0.25) is 4.57 Å². The number of alkyl halides is 1. The number of hydrogen-bond acceptors (Lipinski definition) is 5. The second-order valence-corrected chi connectivity index (χ2v) is 4.69. The number of ether oxygens (including phenoxy) is 1. The minimum atomic E-state index is -1.49. The van der Waals surface area contributed by atoms with Crippen LogP contribution in [0, 0.1) is 6.92 Å². The van der Waals surface area contributed by atoms with Gasteiger partial charge in [0.25, 0.3) is 0 Å². The number of hydrogen-bond donors (Lipinski definition) is 1. The molecule has 1 aliphatic rings. The lowest BCUT2D eigenvalue weighted by Crippen LogP contribution is -2.27. The van der Waals surface area contributed by atoms with Gasteiger partial charge in [-0.25, -0.2) is 19.3 Å². The number of rotatable bonds is 2. The summed E-state index contributed by atoms with van der Waals surface area (Å²) in [5, 5.41) is 9.79. The largest absolute Gasteiger partial charge is 0.387 e. The van der Waals surface area contributed by atoms with Crippen molar-refractivity contribution in [2.75, 3.05) is 0 Å². The molecular formula is C12H15FN4O2. The zero-order valence-corrected chi connectivity index (χ0v) is 10.7. The summed E-state index contributed by atoms with van der Waals surface area (Å²) in [7, 11) is 0. The average Bonchev–Trinajstić information content (AvgIpc) is 2.94. The molecule has 0 bridgehead atoms. The summed E-state index contributed by atoms with van der Waals surface area (Å²) >= 11 is 0. The lowest BCUT2D eigenvalue weighted by atomic mass is 10.1. The third-order valence-corrected chi connectivity index (χ3v) is 3.51. The maximum Gasteiger partial charge on any atom is 0.173 e. The Kier molecular flexibility index (Phi) is 2.94. The van der Waals surface area contributed by atoms with Crippen molar-refractivity contribution in [3.05, 3.63) is 18.3 Å².